The van der Waals surface area contributed by atoms with Gasteiger partial charge in [-0.05, 0) is 42.5 Å². The highest BCUT2D eigenvalue weighted by Gasteiger charge is 2.13. The van der Waals surface area contributed by atoms with Gasteiger partial charge in [0, 0.05) is 22.5 Å². The first-order chi connectivity index (χ1) is 12.6. The largest absolute Gasteiger partial charge is 0.495 e. The van der Waals surface area contributed by atoms with Crippen molar-refractivity contribution in [2.75, 3.05) is 17.7 Å². The summed E-state index contributed by atoms with van der Waals surface area (Å²) in [7, 11) is 1.59. The maximum atomic E-state index is 13.3. The van der Waals surface area contributed by atoms with Crippen molar-refractivity contribution < 1.29 is 13.5 Å². The minimum atomic E-state index is -0.334. The van der Waals surface area contributed by atoms with Gasteiger partial charge in [0.2, 0.25) is 0 Å². The van der Waals surface area contributed by atoms with Gasteiger partial charge in [-0.2, -0.15) is 0 Å². The Morgan fingerprint density at radius 2 is 1.81 bits per heavy atom. The molecule has 0 atom stereocenters. The molecule has 0 saturated heterocycles. The van der Waals surface area contributed by atoms with Crippen molar-refractivity contribution >= 4 is 50.6 Å². The van der Waals surface area contributed by atoms with E-state index in [-0.39, 0.29) is 5.82 Å². The standard InChI is InChI=1S/C20H15FN2O2S/c1-24-19-10-15-14-7-2-3-8-17(14)25-18(15)11-16(19)23-20(26)22-13-6-4-5-12(21)9-13/h2-11H,1H3,(H2,22,23,26). The van der Waals surface area contributed by atoms with Gasteiger partial charge in [0.05, 0.1) is 12.8 Å². The zero-order valence-corrected chi connectivity index (χ0v) is 14.7. The van der Waals surface area contributed by atoms with E-state index in [1.54, 1.807) is 19.2 Å². The Morgan fingerprint density at radius 3 is 2.62 bits per heavy atom. The van der Waals surface area contributed by atoms with Gasteiger partial charge in [-0.1, -0.05) is 24.3 Å². The summed E-state index contributed by atoms with van der Waals surface area (Å²) in [6, 6.07) is 17.7. The first-order valence-corrected chi connectivity index (χ1v) is 8.38. The predicted octanol–water partition coefficient (Wildman–Crippen LogP) is 5.54. The van der Waals surface area contributed by atoms with Crippen LogP contribution in [0.25, 0.3) is 21.9 Å². The summed E-state index contributed by atoms with van der Waals surface area (Å²) in [6.07, 6.45) is 0. The van der Waals surface area contributed by atoms with Crippen LogP contribution in [-0.4, -0.2) is 12.2 Å². The van der Waals surface area contributed by atoms with Gasteiger partial charge in [-0.15, -0.1) is 0 Å². The number of halogens is 1. The molecule has 26 heavy (non-hydrogen) atoms. The smallest absolute Gasteiger partial charge is 0.175 e. The second-order valence-corrected chi connectivity index (χ2v) is 6.14. The Labute approximate surface area is 154 Å². The van der Waals surface area contributed by atoms with Crippen LogP contribution in [0.4, 0.5) is 15.8 Å². The van der Waals surface area contributed by atoms with Gasteiger partial charge in [-0.3, -0.25) is 0 Å². The second kappa shape index (κ2) is 6.65. The Hall–Kier alpha value is -3.12. The van der Waals surface area contributed by atoms with E-state index in [0.29, 0.717) is 22.2 Å². The van der Waals surface area contributed by atoms with Gasteiger partial charge >= 0.3 is 0 Å². The molecule has 0 saturated carbocycles. The van der Waals surface area contributed by atoms with E-state index in [1.165, 1.54) is 12.1 Å². The fraction of sp³-hybridized carbons (Fsp3) is 0.0500. The van der Waals surface area contributed by atoms with Gasteiger partial charge < -0.3 is 19.8 Å². The molecule has 0 aliphatic carbocycles. The Balaban J connectivity index is 1.66. The molecule has 6 heteroatoms. The fourth-order valence-electron chi connectivity index (χ4n) is 2.87. The first-order valence-electron chi connectivity index (χ1n) is 7.97. The van der Waals surface area contributed by atoms with Crippen LogP contribution in [0.3, 0.4) is 0 Å². The molecule has 4 rings (SSSR count). The number of furan rings is 1. The van der Waals surface area contributed by atoms with Crippen molar-refractivity contribution in [2.45, 2.75) is 0 Å². The summed E-state index contributed by atoms with van der Waals surface area (Å²) in [6.45, 7) is 0. The van der Waals surface area contributed by atoms with Gasteiger partial charge in [-0.25, -0.2) is 4.39 Å². The number of fused-ring (bicyclic) bond motifs is 3. The summed E-state index contributed by atoms with van der Waals surface area (Å²) in [4.78, 5) is 0. The number of thiocarbonyl (C=S) groups is 1. The molecule has 4 aromatic rings. The number of nitrogens with one attached hydrogen (secondary N) is 2. The van der Waals surface area contributed by atoms with Crippen molar-refractivity contribution in [3.63, 3.8) is 0 Å². The van der Waals surface area contributed by atoms with Crippen LogP contribution in [0.5, 0.6) is 5.75 Å². The van der Waals surface area contributed by atoms with E-state index < -0.39 is 0 Å². The highest BCUT2D eigenvalue weighted by Crippen LogP contribution is 2.36. The quantitative estimate of drug-likeness (QED) is 0.466. The molecular weight excluding hydrogens is 351 g/mol. The van der Waals surface area contributed by atoms with Crippen LogP contribution in [0.1, 0.15) is 0 Å². The van der Waals surface area contributed by atoms with E-state index in [9.17, 15) is 4.39 Å². The molecule has 0 aliphatic rings. The van der Waals surface area contributed by atoms with Gasteiger partial charge in [0.25, 0.3) is 0 Å². The minimum absolute atomic E-state index is 0.323. The van der Waals surface area contributed by atoms with Crippen molar-refractivity contribution in [3.05, 3.63) is 66.5 Å². The van der Waals surface area contributed by atoms with Crippen molar-refractivity contribution in [1.29, 1.82) is 0 Å². The van der Waals surface area contributed by atoms with E-state index in [1.807, 2.05) is 36.4 Å². The molecule has 2 N–H and O–H groups in total. The Kier molecular flexibility index (Phi) is 4.18. The molecule has 0 radical (unpaired) electrons. The number of ether oxygens (including phenoxy) is 1. The highest BCUT2D eigenvalue weighted by atomic mass is 32.1. The molecule has 130 valence electrons. The zero-order chi connectivity index (χ0) is 18.1. The summed E-state index contributed by atoms with van der Waals surface area (Å²) >= 11 is 5.33. The third-order valence-electron chi connectivity index (χ3n) is 4.03. The van der Waals surface area contributed by atoms with Gasteiger partial charge in [0.1, 0.15) is 22.7 Å². The number of rotatable bonds is 3. The SMILES string of the molecule is COc1cc2c(cc1NC(=S)Nc1cccc(F)c1)oc1ccccc12. The number of benzene rings is 3. The lowest BCUT2D eigenvalue weighted by atomic mass is 10.1. The van der Waals surface area contributed by atoms with E-state index >= 15 is 0 Å². The summed E-state index contributed by atoms with van der Waals surface area (Å²) in [5, 5.41) is 8.34. The van der Waals surface area contributed by atoms with Crippen molar-refractivity contribution in [3.8, 4) is 5.75 Å². The average molecular weight is 366 g/mol. The molecule has 0 unspecified atom stereocenters. The van der Waals surface area contributed by atoms with Crippen LogP contribution >= 0.6 is 12.2 Å². The molecule has 1 heterocycles. The van der Waals surface area contributed by atoms with Crippen molar-refractivity contribution in [1.82, 2.24) is 0 Å². The van der Waals surface area contributed by atoms with Crippen LogP contribution < -0.4 is 15.4 Å². The number of hydrogen-bond donors (Lipinski definition) is 2. The molecule has 0 amide bonds. The maximum Gasteiger partial charge on any atom is 0.175 e. The van der Waals surface area contributed by atoms with Gasteiger partial charge in [0.15, 0.2) is 5.11 Å². The number of hydrogen-bond acceptors (Lipinski definition) is 3. The molecule has 0 spiro atoms. The molecule has 0 aliphatic heterocycles. The molecular formula is C20H15FN2O2S. The first kappa shape index (κ1) is 16.4. The molecule has 4 nitrogen and oxygen atoms in total. The lowest BCUT2D eigenvalue weighted by molar-refractivity contribution is 0.417. The lowest BCUT2D eigenvalue weighted by Crippen LogP contribution is -2.19. The number of para-hydroxylation sites is 1. The summed E-state index contributed by atoms with van der Waals surface area (Å²) in [5.41, 5.74) is 2.75. The molecule has 3 aromatic carbocycles. The Bertz CT molecular complexity index is 1120. The van der Waals surface area contributed by atoms with E-state index in [0.717, 1.165) is 21.9 Å². The minimum Gasteiger partial charge on any atom is -0.495 e. The fourth-order valence-corrected chi connectivity index (χ4v) is 3.10. The van der Waals surface area contributed by atoms with Crippen LogP contribution in [0.2, 0.25) is 0 Å². The Morgan fingerprint density at radius 1 is 0.962 bits per heavy atom. The average Bonchev–Trinajstić information content (AvgIpc) is 2.98. The summed E-state index contributed by atoms with van der Waals surface area (Å²) < 4.78 is 24.7. The molecule has 0 bridgehead atoms. The second-order valence-electron chi connectivity index (χ2n) is 5.74. The zero-order valence-electron chi connectivity index (χ0n) is 13.9. The van der Waals surface area contributed by atoms with E-state index in [4.69, 9.17) is 21.4 Å². The molecule has 1 aromatic heterocycles. The normalized spacial score (nSPS) is 10.8. The monoisotopic (exact) mass is 366 g/mol. The van der Waals surface area contributed by atoms with Crippen LogP contribution in [0, 0.1) is 5.82 Å². The number of methoxy groups -OCH3 is 1. The summed E-state index contributed by atoms with van der Waals surface area (Å²) in [5.74, 6) is 0.298. The maximum absolute atomic E-state index is 13.3. The predicted molar refractivity (Wildman–Crippen MR) is 107 cm³/mol. The third kappa shape index (κ3) is 3.07. The van der Waals surface area contributed by atoms with Crippen molar-refractivity contribution in [2.24, 2.45) is 0 Å². The van der Waals surface area contributed by atoms with Crippen LogP contribution in [-0.2, 0) is 0 Å². The van der Waals surface area contributed by atoms with E-state index in [2.05, 4.69) is 10.6 Å². The topological polar surface area (TPSA) is 46.4 Å². The highest BCUT2D eigenvalue weighted by molar-refractivity contribution is 7.80. The lowest BCUT2D eigenvalue weighted by Gasteiger charge is -2.13. The number of anilines is 2. The molecule has 0 fully saturated rings. The van der Waals surface area contributed by atoms with Crippen LogP contribution in [0.15, 0.2) is 65.1 Å². The third-order valence-corrected chi connectivity index (χ3v) is 4.23.